The number of aliphatic imine (C=N–C) groups is 1. The number of carbonyl (C=O) groups excluding carboxylic acids is 1. The number of benzene rings is 2. The summed E-state index contributed by atoms with van der Waals surface area (Å²) in [7, 11) is 3.64. The summed E-state index contributed by atoms with van der Waals surface area (Å²) >= 11 is 0. The fourth-order valence-corrected chi connectivity index (χ4v) is 3.79. The van der Waals surface area contributed by atoms with Gasteiger partial charge in [0.1, 0.15) is 11.5 Å². The van der Waals surface area contributed by atoms with E-state index in [4.69, 9.17) is 4.74 Å². The predicted molar refractivity (Wildman–Crippen MR) is 131 cm³/mol. The Labute approximate surface area is 205 Å². The Balaban J connectivity index is 1.42. The van der Waals surface area contributed by atoms with Crippen LogP contribution < -0.4 is 20.7 Å². The van der Waals surface area contributed by atoms with Gasteiger partial charge in [0.25, 0.3) is 0 Å². The van der Waals surface area contributed by atoms with Gasteiger partial charge in [-0.05, 0) is 48.9 Å². The molecule has 3 N–H and O–H groups in total. The maximum Gasteiger partial charge on any atom is 0.416 e. The Bertz CT molecular complexity index is 1330. The van der Waals surface area contributed by atoms with E-state index >= 15 is 0 Å². The Morgan fingerprint density at radius 3 is 2.42 bits per heavy atom. The maximum atomic E-state index is 13.1. The number of nitrogens with zero attached hydrogens (tertiary/aromatic N) is 3. The van der Waals surface area contributed by atoms with Gasteiger partial charge in [-0.1, -0.05) is 6.07 Å². The molecule has 1 aromatic heterocycles. The highest BCUT2D eigenvalue weighted by Crippen LogP contribution is 2.33. The minimum atomic E-state index is -4.50. The molecule has 0 bridgehead atoms. The molecule has 188 valence electrons. The highest BCUT2D eigenvalue weighted by atomic mass is 19.4. The molecule has 0 atom stereocenters. The molecule has 36 heavy (non-hydrogen) atoms. The lowest BCUT2D eigenvalue weighted by Crippen LogP contribution is -2.25. The summed E-state index contributed by atoms with van der Waals surface area (Å²) in [6.07, 6.45) is -0.269. The number of alkyl halides is 3. The van der Waals surface area contributed by atoms with E-state index in [1.54, 1.807) is 42.2 Å². The SMILES string of the molecule is CNC1=C(Oc2ccc(NC(=O)Nc3ccc(C)c(C(F)(F)F)c3)cc2)CCN=C1c1cnn(C)c1. The third-order valence-corrected chi connectivity index (χ3v) is 5.51. The van der Waals surface area contributed by atoms with Crippen LogP contribution in [0.5, 0.6) is 5.75 Å². The van der Waals surface area contributed by atoms with E-state index in [9.17, 15) is 18.0 Å². The Kier molecular flexibility index (Phi) is 7.00. The summed E-state index contributed by atoms with van der Waals surface area (Å²) < 4.78 is 47.2. The van der Waals surface area contributed by atoms with E-state index in [1.807, 2.05) is 13.2 Å². The topological polar surface area (TPSA) is 92.6 Å². The predicted octanol–water partition coefficient (Wildman–Crippen LogP) is 5.09. The molecule has 0 saturated heterocycles. The van der Waals surface area contributed by atoms with Gasteiger partial charge >= 0.3 is 12.2 Å². The average molecular weight is 499 g/mol. The van der Waals surface area contributed by atoms with Crippen molar-refractivity contribution in [1.29, 1.82) is 0 Å². The minimum absolute atomic E-state index is 0.0419. The number of anilines is 2. The Morgan fingerprint density at radius 2 is 1.78 bits per heavy atom. The lowest BCUT2D eigenvalue weighted by Gasteiger charge is -2.21. The van der Waals surface area contributed by atoms with Gasteiger partial charge in [-0.25, -0.2) is 4.79 Å². The first kappa shape index (κ1) is 24.8. The molecule has 2 heterocycles. The number of hydrogen-bond acceptors (Lipinski definition) is 5. The average Bonchev–Trinajstić information content (AvgIpc) is 3.26. The number of rotatable bonds is 6. The van der Waals surface area contributed by atoms with Gasteiger partial charge in [0.15, 0.2) is 0 Å². The standard InChI is InChI=1S/C25H25F3N6O2/c1-15-4-5-18(12-20(15)25(26,27)28)33-24(35)32-17-6-8-19(9-7-17)36-21-10-11-30-22(23(21)29-2)16-13-31-34(3)14-16/h4-9,12-14,29H,10-11H2,1-3H3,(H2,32,33,35). The molecule has 0 spiro atoms. The third kappa shape index (κ3) is 5.68. The second-order valence-electron chi connectivity index (χ2n) is 8.16. The second kappa shape index (κ2) is 10.1. The van der Waals surface area contributed by atoms with Gasteiger partial charge in [-0.2, -0.15) is 18.3 Å². The lowest BCUT2D eigenvalue weighted by atomic mass is 10.1. The number of likely N-dealkylation sites (N-methyl/N-ethyl adjacent to an activating group) is 1. The van der Waals surface area contributed by atoms with Crippen LogP contribution in [-0.2, 0) is 13.2 Å². The summed E-state index contributed by atoms with van der Waals surface area (Å²) in [6, 6.07) is 9.65. The van der Waals surface area contributed by atoms with Crippen LogP contribution in [0.15, 0.2) is 71.3 Å². The number of urea groups is 1. The molecule has 0 aliphatic carbocycles. The van der Waals surface area contributed by atoms with Crippen LogP contribution in [0, 0.1) is 6.92 Å². The number of amides is 2. The summed E-state index contributed by atoms with van der Waals surface area (Å²) in [6.45, 7) is 1.94. The largest absolute Gasteiger partial charge is 0.459 e. The number of ether oxygens (including phenoxy) is 1. The molecule has 0 radical (unpaired) electrons. The molecule has 2 amide bonds. The smallest absolute Gasteiger partial charge is 0.416 e. The molecule has 1 aliphatic rings. The van der Waals surface area contributed by atoms with E-state index in [-0.39, 0.29) is 11.3 Å². The van der Waals surface area contributed by atoms with Crippen LogP contribution in [0.2, 0.25) is 0 Å². The number of carbonyl (C=O) groups is 1. The van der Waals surface area contributed by atoms with Gasteiger partial charge in [-0.15, -0.1) is 0 Å². The zero-order chi connectivity index (χ0) is 25.9. The number of halogens is 3. The van der Waals surface area contributed by atoms with Gasteiger partial charge in [-0.3, -0.25) is 9.67 Å². The van der Waals surface area contributed by atoms with Crippen LogP contribution in [0.1, 0.15) is 23.1 Å². The van der Waals surface area contributed by atoms with Gasteiger partial charge in [0.2, 0.25) is 0 Å². The summed E-state index contributed by atoms with van der Waals surface area (Å²) in [5.41, 5.74) is 2.20. The van der Waals surface area contributed by atoms with E-state index < -0.39 is 17.8 Å². The van der Waals surface area contributed by atoms with Crippen molar-refractivity contribution in [3.63, 3.8) is 0 Å². The van der Waals surface area contributed by atoms with Gasteiger partial charge < -0.3 is 20.7 Å². The molecule has 0 fully saturated rings. The fraction of sp³-hybridized carbons (Fsp3) is 0.240. The van der Waals surface area contributed by atoms with Gasteiger partial charge in [0.05, 0.1) is 23.2 Å². The molecule has 0 saturated carbocycles. The number of dihydropyridines is 1. The molecule has 11 heteroatoms. The minimum Gasteiger partial charge on any atom is -0.459 e. The third-order valence-electron chi connectivity index (χ3n) is 5.51. The molecule has 0 unspecified atom stereocenters. The molecule has 4 rings (SSSR count). The fourth-order valence-electron chi connectivity index (χ4n) is 3.79. The van der Waals surface area contributed by atoms with Crippen molar-refractivity contribution in [2.75, 3.05) is 24.2 Å². The Hall–Kier alpha value is -4.28. The van der Waals surface area contributed by atoms with Crippen LogP contribution in [0.25, 0.3) is 0 Å². The van der Waals surface area contributed by atoms with Crippen LogP contribution in [-0.4, -0.2) is 35.1 Å². The monoisotopic (exact) mass is 498 g/mol. The molecular formula is C25H25F3N6O2. The lowest BCUT2D eigenvalue weighted by molar-refractivity contribution is -0.138. The number of aromatic nitrogens is 2. The maximum absolute atomic E-state index is 13.1. The first-order chi connectivity index (χ1) is 17.1. The van der Waals surface area contributed by atoms with E-state index in [0.717, 1.165) is 28.8 Å². The number of aryl methyl sites for hydroxylation is 2. The zero-order valence-electron chi connectivity index (χ0n) is 19.9. The summed E-state index contributed by atoms with van der Waals surface area (Å²) in [5.74, 6) is 1.29. The number of hydrogen-bond donors (Lipinski definition) is 3. The highest BCUT2D eigenvalue weighted by molar-refractivity contribution is 6.12. The number of allylic oxidation sites excluding steroid dienone is 1. The highest BCUT2D eigenvalue weighted by Gasteiger charge is 2.32. The van der Waals surface area contributed by atoms with Crippen LogP contribution >= 0.6 is 0 Å². The van der Waals surface area contributed by atoms with Crippen molar-refractivity contribution in [3.8, 4) is 5.75 Å². The van der Waals surface area contributed by atoms with Crippen molar-refractivity contribution in [3.05, 3.63) is 83.0 Å². The van der Waals surface area contributed by atoms with E-state index in [1.165, 1.54) is 19.1 Å². The quantitative estimate of drug-likeness (QED) is 0.441. The second-order valence-corrected chi connectivity index (χ2v) is 8.16. The van der Waals surface area contributed by atoms with Gasteiger partial charge in [0, 0.05) is 50.2 Å². The number of nitrogens with one attached hydrogen (secondary N) is 3. The molecule has 3 aromatic rings. The summed E-state index contributed by atoms with van der Waals surface area (Å²) in [4.78, 5) is 16.9. The first-order valence-corrected chi connectivity index (χ1v) is 11.1. The summed E-state index contributed by atoms with van der Waals surface area (Å²) in [5, 5.41) is 12.4. The van der Waals surface area contributed by atoms with Crippen molar-refractivity contribution in [2.45, 2.75) is 19.5 Å². The Morgan fingerprint density at radius 1 is 1.08 bits per heavy atom. The molecular weight excluding hydrogens is 473 g/mol. The van der Waals surface area contributed by atoms with E-state index in [2.05, 4.69) is 26.0 Å². The molecule has 1 aliphatic heterocycles. The molecule has 2 aromatic carbocycles. The van der Waals surface area contributed by atoms with Crippen LogP contribution in [0.3, 0.4) is 0 Å². The van der Waals surface area contributed by atoms with Crippen LogP contribution in [0.4, 0.5) is 29.3 Å². The van der Waals surface area contributed by atoms with E-state index in [0.29, 0.717) is 24.4 Å². The van der Waals surface area contributed by atoms with Crippen molar-refractivity contribution < 1.29 is 22.7 Å². The van der Waals surface area contributed by atoms with Crippen molar-refractivity contribution in [2.24, 2.45) is 12.0 Å². The van der Waals surface area contributed by atoms with Crippen molar-refractivity contribution >= 4 is 23.1 Å². The normalized spacial score (nSPS) is 13.8. The first-order valence-electron chi connectivity index (χ1n) is 11.1. The van der Waals surface area contributed by atoms with Crippen molar-refractivity contribution in [1.82, 2.24) is 15.1 Å². The molecule has 8 nitrogen and oxygen atoms in total. The zero-order valence-corrected chi connectivity index (χ0v) is 19.9.